The Balaban J connectivity index is 2.56. The number of nitrogens with two attached hydrogens (primary N) is 2. The van der Waals surface area contributed by atoms with Crippen LogP contribution < -0.4 is 17.0 Å². The SMILES string of the molecule is NN=C(N)N/N=C/c1ccc(Br)cc1. The average Bonchev–Trinajstić information content (AvgIpc) is 2.21. The molecular formula is C8H10BrN5. The van der Waals surface area contributed by atoms with Crippen LogP contribution in [-0.4, -0.2) is 12.2 Å². The summed E-state index contributed by atoms with van der Waals surface area (Å²) in [5, 5.41) is 7.01. The van der Waals surface area contributed by atoms with E-state index in [1.807, 2.05) is 24.3 Å². The molecule has 14 heavy (non-hydrogen) atoms. The lowest BCUT2D eigenvalue weighted by Crippen LogP contribution is -2.28. The number of guanidine groups is 1. The standard InChI is InChI=1S/C8H10BrN5/c9-7-3-1-6(2-4-7)5-12-14-8(10)13-11/h1-5H,11H2,(H3,10,13,14)/b12-5+. The maximum absolute atomic E-state index is 5.25. The van der Waals surface area contributed by atoms with Gasteiger partial charge in [0.15, 0.2) is 0 Å². The molecule has 0 spiro atoms. The van der Waals surface area contributed by atoms with Gasteiger partial charge in [-0.3, -0.25) is 0 Å². The fraction of sp³-hybridized carbons (Fsp3) is 0. The predicted octanol–water partition coefficient (Wildman–Crippen LogP) is 0.561. The Kier molecular flexibility index (Phi) is 3.93. The van der Waals surface area contributed by atoms with E-state index in [1.165, 1.54) is 0 Å². The zero-order chi connectivity index (χ0) is 10.4. The van der Waals surface area contributed by atoms with Crippen molar-refractivity contribution in [2.75, 3.05) is 0 Å². The fourth-order valence-corrected chi connectivity index (χ4v) is 1.01. The zero-order valence-electron chi connectivity index (χ0n) is 7.31. The number of halogens is 1. The molecule has 0 aliphatic heterocycles. The molecule has 1 aromatic rings. The van der Waals surface area contributed by atoms with Crippen molar-refractivity contribution in [2.45, 2.75) is 0 Å². The van der Waals surface area contributed by atoms with E-state index in [-0.39, 0.29) is 5.96 Å². The smallest absolute Gasteiger partial charge is 0.231 e. The molecule has 0 aliphatic rings. The van der Waals surface area contributed by atoms with E-state index in [2.05, 4.69) is 31.6 Å². The highest BCUT2D eigenvalue weighted by Gasteiger charge is 1.88. The molecule has 5 N–H and O–H groups in total. The van der Waals surface area contributed by atoms with Gasteiger partial charge in [0.05, 0.1) is 6.21 Å². The van der Waals surface area contributed by atoms with Gasteiger partial charge in [0, 0.05) is 4.47 Å². The quantitative estimate of drug-likeness (QED) is 0.312. The summed E-state index contributed by atoms with van der Waals surface area (Å²) < 4.78 is 1.02. The van der Waals surface area contributed by atoms with Crippen LogP contribution in [0.3, 0.4) is 0 Å². The second-order valence-electron chi connectivity index (χ2n) is 2.44. The van der Waals surface area contributed by atoms with E-state index in [1.54, 1.807) is 6.21 Å². The Morgan fingerprint density at radius 3 is 2.57 bits per heavy atom. The van der Waals surface area contributed by atoms with Gasteiger partial charge in [0.1, 0.15) is 0 Å². The van der Waals surface area contributed by atoms with Crippen LogP contribution in [0.2, 0.25) is 0 Å². The number of hydrogen-bond acceptors (Lipinski definition) is 3. The highest BCUT2D eigenvalue weighted by molar-refractivity contribution is 9.10. The van der Waals surface area contributed by atoms with Crippen molar-refractivity contribution in [3.05, 3.63) is 34.3 Å². The zero-order valence-corrected chi connectivity index (χ0v) is 8.90. The molecule has 1 aromatic carbocycles. The first-order chi connectivity index (χ1) is 6.72. The van der Waals surface area contributed by atoms with Gasteiger partial charge >= 0.3 is 0 Å². The normalized spacial score (nSPS) is 11.9. The molecule has 5 nitrogen and oxygen atoms in total. The number of hydrazone groups is 2. The maximum atomic E-state index is 5.25. The summed E-state index contributed by atoms with van der Waals surface area (Å²) >= 11 is 3.33. The monoisotopic (exact) mass is 255 g/mol. The van der Waals surface area contributed by atoms with Gasteiger partial charge in [-0.15, -0.1) is 5.10 Å². The Morgan fingerprint density at radius 2 is 2.00 bits per heavy atom. The van der Waals surface area contributed by atoms with Crippen LogP contribution >= 0.6 is 15.9 Å². The number of hydrogen-bond donors (Lipinski definition) is 3. The first-order valence-electron chi connectivity index (χ1n) is 3.80. The minimum atomic E-state index is 0.0679. The second kappa shape index (κ2) is 5.23. The Bertz CT molecular complexity index is 343. The molecule has 0 atom stereocenters. The first-order valence-corrected chi connectivity index (χ1v) is 4.59. The molecule has 0 unspecified atom stereocenters. The number of nitrogens with one attached hydrogen (secondary N) is 1. The van der Waals surface area contributed by atoms with E-state index in [0.29, 0.717) is 0 Å². The Labute approximate surface area is 90.0 Å². The lowest BCUT2D eigenvalue weighted by molar-refractivity contribution is 0.993. The van der Waals surface area contributed by atoms with Gasteiger partial charge in [-0.2, -0.15) is 5.10 Å². The van der Waals surface area contributed by atoms with Crippen molar-refractivity contribution in [3.8, 4) is 0 Å². The summed E-state index contributed by atoms with van der Waals surface area (Å²) in [5.41, 5.74) is 8.66. The van der Waals surface area contributed by atoms with Crippen molar-refractivity contribution >= 4 is 28.1 Å². The van der Waals surface area contributed by atoms with Gasteiger partial charge in [-0.05, 0) is 17.7 Å². The molecular weight excluding hydrogens is 246 g/mol. The van der Waals surface area contributed by atoms with E-state index >= 15 is 0 Å². The van der Waals surface area contributed by atoms with E-state index in [0.717, 1.165) is 10.0 Å². The van der Waals surface area contributed by atoms with Gasteiger partial charge < -0.3 is 11.6 Å². The molecule has 0 radical (unpaired) electrons. The number of nitrogens with zero attached hydrogens (tertiary/aromatic N) is 2. The van der Waals surface area contributed by atoms with Crippen LogP contribution in [0.15, 0.2) is 38.9 Å². The van der Waals surface area contributed by atoms with E-state index in [4.69, 9.17) is 11.6 Å². The lowest BCUT2D eigenvalue weighted by atomic mass is 10.2. The summed E-state index contributed by atoms with van der Waals surface area (Å²) in [7, 11) is 0. The third-order valence-electron chi connectivity index (χ3n) is 1.40. The third kappa shape index (κ3) is 3.44. The number of rotatable bonds is 2. The third-order valence-corrected chi connectivity index (χ3v) is 1.93. The molecule has 0 saturated heterocycles. The van der Waals surface area contributed by atoms with Crippen LogP contribution in [0.5, 0.6) is 0 Å². The van der Waals surface area contributed by atoms with Crippen molar-refractivity contribution in [1.82, 2.24) is 5.43 Å². The van der Waals surface area contributed by atoms with Crippen LogP contribution in [0.25, 0.3) is 0 Å². The predicted molar refractivity (Wildman–Crippen MR) is 60.7 cm³/mol. The minimum Gasteiger partial charge on any atom is -0.367 e. The molecule has 0 saturated carbocycles. The summed E-state index contributed by atoms with van der Waals surface area (Å²) in [6, 6.07) is 7.65. The van der Waals surface area contributed by atoms with Crippen LogP contribution in [0.4, 0.5) is 0 Å². The van der Waals surface area contributed by atoms with Crippen LogP contribution in [0, 0.1) is 0 Å². The van der Waals surface area contributed by atoms with Crippen LogP contribution in [-0.2, 0) is 0 Å². The highest BCUT2D eigenvalue weighted by atomic mass is 79.9. The molecule has 0 aromatic heterocycles. The summed E-state index contributed by atoms with van der Waals surface area (Å²) in [5.74, 6) is 4.96. The van der Waals surface area contributed by atoms with Gasteiger partial charge in [0.25, 0.3) is 0 Å². The summed E-state index contributed by atoms with van der Waals surface area (Å²) in [6.45, 7) is 0. The molecule has 0 fully saturated rings. The highest BCUT2D eigenvalue weighted by Crippen LogP contribution is 2.08. The fourth-order valence-electron chi connectivity index (χ4n) is 0.751. The van der Waals surface area contributed by atoms with E-state index < -0.39 is 0 Å². The van der Waals surface area contributed by atoms with Crippen molar-refractivity contribution < 1.29 is 0 Å². The van der Waals surface area contributed by atoms with Gasteiger partial charge in [-0.25, -0.2) is 5.43 Å². The number of benzene rings is 1. The van der Waals surface area contributed by atoms with Crippen molar-refractivity contribution in [3.63, 3.8) is 0 Å². The lowest BCUT2D eigenvalue weighted by Gasteiger charge is -1.96. The van der Waals surface area contributed by atoms with Crippen molar-refractivity contribution in [1.29, 1.82) is 0 Å². The molecule has 74 valence electrons. The molecule has 0 heterocycles. The minimum absolute atomic E-state index is 0.0679. The van der Waals surface area contributed by atoms with Gasteiger partial charge in [-0.1, -0.05) is 28.1 Å². The molecule has 0 amide bonds. The first kappa shape index (κ1) is 10.5. The van der Waals surface area contributed by atoms with Crippen LogP contribution in [0.1, 0.15) is 5.56 Å². The summed E-state index contributed by atoms with van der Waals surface area (Å²) in [4.78, 5) is 0. The average molecular weight is 256 g/mol. The molecule has 0 bridgehead atoms. The summed E-state index contributed by atoms with van der Waals surface area (Å²) in [6.07, 6.45) is 1.62. The maximum Gasteiger partial charge on any atom is 0.231 e. The second-order valence-corrected chi connectivity index (χ2v) is 3.35. The Morgan fingerprint density at radius 1 is 1.36 bits per heavy atom. The van der Waals surface area contributed by atoms with E-state index in [9.17, 15) is 0 Å². The molecule has 6 heteroatoms. The van der Waals surface area contributed by atoms with Gasteiger partial charge in [0.2, 0.25) is 5.96 Å². The largest absolute Gasteiger partial charge is 0.367 e. The molecule has 0 aliphatic carbocycles. The van der Waals surface area contributed by atoms with Crippen molar-refractivity contribution in [2.24, 2.45) is 21.8 Å². The Hall–Kier alpha value is -1.56. The topological polar surface area (TPSA) is 88.8 Å². The molecule has 1 rings (SSSR count).